The van der Waals surface area contributed by atoms with E-state index in [1.165, 1.54) is 23.5 Å². The molecular weight excluding hydrogens is 331 g/mol. The van der Waals surface area contributed by atoms with E-state index in [-0.39, 0.29) is 11.5 Å². The summed E-state index contributed by atoms with van der Waals surface area (Å²) in [5, 5.41) is 14.3. The second-order valence-electron chi connectivity index (χ2n) is 4.06. The van der Waals surface area contributed by atoms with Crippen molar-refractivity contribution in [3.05, 3.63) is 46.7 Å². The van der Waals surface area contributed by atoms with Crippen LogP contribution in [0, 0.1) is 11.3 Å². The summed E-state index contributed by atoms with van der Waals surface area (Å²) >= 11 is 1.17. The van der Waals surface area contributed by atoms with E-state index in [2.05, 4.69) is 15.3 Å². The molecule has 0 saturated carbocycles. The lowest BCUT2D eigenvalue weighted by Gasteiger charge is -2.09. The molecule has 0 bridgehead atoms. The van der Waals surface area contributed by atoms with E-state index >= 15 is 0 Å². The number of carbonyl (C=O) groups excluding carboxylic acids is 1. The Morgan fingerprint density at radius 3 is 2.48 bits per heavy atom. The molecule has 5 nitrogen and oxygen atoms in total. The number of rotatable bonds is 5. The number of hydrogen-bond donors (Lipinski definition) is 1. The number of carbonyl (C=O) groups is 1. The fourth-order valence-corrected chi connectivity index (χ4v) is 2.17. The van der Waals surface area contributed by atoms with Gasteiger partial charge in [-0.25, -0.2) is 0 Å². The average molecular weight is 339 g/mol. The van der Waals surface area contributed by atoms with Crippen molar-refractivity contribution < 1.29 is 22.7 Å². The molecule has 0 aliphatic rings. The first-order chi connectivity index (χ1) is 10.9. The number of ketones is 1. The number of nitriles is 1. The molecule has 0 spiro atoms. The van der Waals surface area contributed by atoms with Gasteiger partial charge in [0.15, 0.2) is 0 Å². The van der Waals surface area contributed by atoms with Crippen LogP contribution in [-0.4, -0.2) is 17.9 Å². The SMILES string of the molecule is N#CC(=NNc1ccc(OC(F)(F)F)cc1)C(=O)c1cccs1. The number of hydrogen-bond acceptors (Lipinski definition) is 6. The second-order valence-corrected chi connectivity index (χ2v) is 5.01. The van der Waals surface area contributed by atoms with Crippen LogP contribution in [0.5, 0.6) is 5.75 Å². The molecular formula is C14H8F3N3O2S. The maximum Gasteiger partial charge on any atom is 0.573 e. The molecule has 1 N–H and O–H groups in total. The first-order valence-electron chi connectivity index (χ1n) is 6.07. The summed E-state index contributed by atoms with van der Waals surface area (Å²) in [5.41, 5.74) is 2.38. The van der Waals surface area contributed by atoms with Gasteiger partial charge in [-0.2, -0.15) is 10.4 Å². The van der Waals surface area contributed by atoms with E-state index in [9.17, 15) is 18.0 Å². The summed E-state index contributed by atoms with van der Waals surface area (Å²) in [6, 6.07) is 9.61. The molecule has 0 saturated heterocycles. The molecule has 23 heavy (non-hydrogen) atoms. The molecule has 0 radical (unpaired) electrons. The zero-order chi connectivity index (χ0) is 16.9. The molecule has 2 rings (SSSR count). The molecule has 118 valence electrons. The Morgan fingerprint density at radius 2 is 1.96 bits per heavy atom. The molecule has 0 atom stereocenters. The van der Waals surface area contributed by atoms with E-state index < -0.39 is 12.1 Å². The second kappa shape index (κ2) is 6.93. The average Bonchev–Trinajstić information content (AvgIpc) is 3.02. The van der Waals surface area contributed by atoms with Gasteiger partial charge in [-0.1, -0.05) is 6.07 Å². The third-order valence-electron chi connectivity index (χ3n) is 2.45. The third-order valence-corrected chi connectivity index (χ3v) is 3.32. The smallest absolute Gasteiger partial charge is 0.406 e. The van der Waals surface area contributed by atoms with Gasteiger partial charge in [0, 0.05) is 0 Å². The summed E-state index contributed by atoms with van der Waals surface area (Å²) in [6.07, 6.45) is -4.77. The van der Waals surface area contributed by atoms with Gasteiger partial charge in [-0.05, 0) is 35.7 Å². The van der Waals surface area contributed by atoms with Crippen LogP contribution in [0.1, 0.15) is 9.67 Å². The van der Waals surface area contributed by atoms with E-state index in [4.69, 9.17) is 5.26 Å². The molecule has 0 aliphatic heterocycles. The standard InChI is InChI=1S/C14H8F3N3O2S/c15-14(16,17)22-10-5-3-9(4-6-10)19-20-11(8-18)13(21)12-2-1-7-23-12/h1-7,19H. The van der Waals surface area contributed by atoms with Crippen LogP contribution in [0.15, 0.2) is 46.9 Å². The van der Waals surface area contributed by atoms with Crippen LogP contribution in [0.25, 0.3) is 0 Å². The van der Waals surface area contributed by atoms with Crippen LogP contribution < -0.4 is 10.2 Å². The summed E-state index contributed by atoms with van der Waals surface area (Å²) in [5.74, 6) is -0.922. The Hall–Kier alpha value is -2.86. The Bertz CT molecular complexity index is 747. The molecule has 1 heterocycles. The maximum atomic E-state index is 12.0. The molecule has 0 aliphatic carbocycles. The predicted molar refractivity (Wildman–Crippen MR) is 78.4 cm³/mol. The van der Waals surface area contributed by atoms with Crippen LogP contribution in [-0.2, 0) is 0 Å². The molecule has 1 aromatic heterocycles. The van der Waals surface area contributed by atoms with Crippen molar-refractivity contribution >= 4 is 28.5 Å². The Morgan fingerprint density at radius 1 is 1.26 bits per heavy atom. The fraction of sp³-hybridized carbons (Fsp3) is 0.0714. The lowest BCUT2D eigenvalue weighted by Crippen LogP contribution is -2.17. The van der Waals surface area contributed by atoms with Crippen LogP contribution in [0.3, 0.4) is 0 Å². The number of anilines is 1. The van der Waals surface area contributed by atoms with E-state index in [0.717, 1.165) is 12.1 Å². The minimum atomic E-state index is -4.77. The molecule has 0 amide bonds. The zero-order valence-electron chi connectivity index (χ0n) is 11.3. The monoisotopic (exact) mass is 339 g/mol. The van der Waals surface area contributed by atoms with Gasteiger partial charge in [0.25, 0.3) is 0 Å². The van der Waals surface area contributed by atoms with Gasteiger partial charge in [-0.3, -0.25) is 10.2 Å². The van der Waals surface area contributed by atoms with Gasteiger partial charge in [-0.15, -0.1) is 24.5 Å². The minimum Gasteiger partial charge on any atom is -0.406 e. The van der Waals surface area contributed by atoms with E-state index in [1.54, 1.807) is 23.6 Å². The highest BCUT2D eigenvalue weighted by Crippen LogP contribution is 2.24. The number of nitrogens with zero attached hydrogens (tertiary/aromatic N) is 2. The molecule has 2 aromatic rings. The molecule has 0 fully saturated rings. The third kappa shape index (κ3) is 4.82. The highest BCUT2D eigenvalue weighted by Gasteiger charge is 2.30. The summed E-state index contributed by atoms with van der Waals surface area (Å²) in [4.78, 5) is 12.3. The summed E-state index contributed by atoms with van der Waals surface area (Å²) < 4.78 is 39.8. The van der Waals surface area contributed by atoms with Crippen LogP contribution in [0.4, 0.5) is 18.9 Å². The van der Waals surface area contributed by atoms with Crippen molar-refractivity contribution in [3.63, 3.8) is 0 Å². The van der Waals surface area contributed by atoms with Crippen molar-refractivity contribution in [2.24, 2.45) is 5.10 Å². The number of halogens is 3. The van der Waals surface area contributed by atoms with Gasteiger partial charge in [0.2, 0.25) is 11.5 Å². The van der Waals surface area contributed by atoms with Crippen LogP contribution in [0.2, 0.25) is 0 Å². The Labute approximate surface area is 132 Å². The largest absolute Gasteiger partial charge is 0.573 e. The van der Waals surface area contributed by atoms with Crippen molar-refractivity contribution in [2.45, 2.75) is 6.36 Å². The van der Waals surface area contributed by atoms with Crippen molar-refractivity contribution in [1.82, 2.24) is 0 Å². The molecule has 0 unspecified atom stereocenters. The quantitative estimate of drug-likeness (QED) is 0.510. The van der Waals surface area contributed by atoms with Gasteiger partial charge in [0.05, 0.1) is 10.6 Å². The number of nitrogens with one attached hydrogen (secondary N) is 1. The van der Waals surface area contributed by atoms with Crippen LogP contribution >= 0.6 is 11.3 Å². The fourth-order valence-electron chi connectivity index (χ4n) is 1.50. The van der Waals surface area contributed by atoms with Gasteiger partial charge < -0.3 is 4.74 Å². The normalized spacial score (nSPS) is 11.7. The Balaban J connectivity index is 2.06. The number of ether oxygens (including phenoxy) is 1. The molecule has 9 heteroatoms. The first-order valence-corrected chi connectivity index (χ1v) is 6.95. The first kappa shape index (κ1) is 16.5. The number of thiophene rings is 1. The number of alkyl halides is 3. The summed E-state index contributed by atoms with van der Waals surface area (Å²) in [6.45, 7) is 0. The lowest BCUT2D eigenvalue weighted by atomic mass is 10.2. The molecule has 1 aromatic carbocycles. The predicted octanol–water partition coefficient (Wildman–Crippen LogP) is 3.82. The van der Waals surface area contributed by atoms with Gasteiger partial charge >= 0.3 is 6.36 Å². The van der Waals surface area contributed by atoms with E-state index in [1.807, 2.05) is 0 Å². The topological polar surface area (TPSA) is 74.5 Å². The Kier molecular flexibility index (Phi) is 4.98. The van der Waals surface area contributed by atoms with E-state index in [0.29, 0.717) is 10.6 Å². The maximum absolute atomic E-state index is 12.0. The lowest BCUT2D eigenvalue weighted by molar-refractivity contribution is -0.274. The van der Waals surface area contributed by atoms with Gasteiger partial charge in [0.1, 0.15) is 11.8 Å². The van der Waals surface area contributed by atoms with Crippen molar-refractivity contribution in [1.29, 1.82) is 5.26 Å². The number of Topliss-reactive ketones (excluding diaryl/α,β-unsaturated/α-hetero) is 1. The highest BCUT2D eigenvalue weighted by atomic mass is 32.1. The summed E-state index contributed by atoms with van der Waals surface area (Å²) in [7, 11) is 0. The number of hydrazone groups is 1. The van der Waals surface area contributed by atoms with Crippen molar-refractivity contribution in [3.8, 4) is 11.8 Å². The highest BCUT2D eigenvalue weighted by molar-refractivity contribution is 7.13. The number of benzene rings is 1. The van der Waals surface area contributed by atoms with Crippen molar-refractivity contribution in [2.75, 3.05) is 5.43 Å². The minimum absolute atomic E-state index is 0.297. The zero-order valence-corrected chi connectivity index (χ0v) is 12.1.